The predicted octanol–water partition coefficient (Wildman–Crippen LogP) is 6.50. The van der Waals surface area contributed by atoms with Gasteiger partial charge in [-0.15, -0.1) is 0 Å². The number of halogens is 1. The molecule has 0 aliphatic rings. The fourth-order valence-corrected chi connectivity index (χ4v) is 4.05. The average Bonchev–Trinajstić information content (AvgIpc) is 3.25. The van der Waals surface area contributed by atoms with Gasteiger partial charge in [0, 0.05) is 34.2 Å². The molecular weight excluding hydrogens is 436 g/mol. The lowest BCUT2D eigenvalue weighted by atomic mass is 10.1. The van der Waals surface area contributed by atoms with E-state index in [4.69, 9.17) is 21.1 Å². The van der Waals surface area contributed by atoms with Crippen molar-refractivity contribution in [2.24, 2.45) is 0 Å². The maximum absolute atomic E-state index is 6.28. The number of benzene rings is 3. The molecule has 5 aromatic rings. The monoisotopic (exact) mass is 456 g/mol. The summed E-state index contributed by atoms with van der Waals surface area (Å²) in [4.78, 5) is 9.20. The maximum Gasteiger partial charge on any atom is 0.162 e. The molecule has 2 aromatic heterocycles. The lowest BCUT2D eigenvalue weighted by Gasteiger charge is -2.12. The summed E-state index contributed by atoms with van der Waals surface area (Å²) in [6.45, 7) is 0. The number of aromatic nitrogens is 3. The van der Waals surface area contributed by atoms with E-state index in [-0.39, 0.29) is 0 Å². The Hall–Kier alpha value is -4.03. The summed E-state index contributed by atoms with van der Waals surface area (Å²) in [5, 5.41) is 5.00. The Bertz CT molecular complexity index is 1430. The van der Waals surface area contributed by atoms with Crippen molar-refractivity contribution in [2.45, 2.75) is 0 Å². The number of rotatable bonds is 6. The molecule has 33 heavy (non-hydrogen) atoms. The van der Waals surface area contributed by atoms with Gasteiger partial charge >= 0.3 is 0 Å². The van der Waals surface area contributed by atoms with Crippen molar-refractivity contribution in [1.82, 2.24) is 14.5 Å². The molecule has 1 N–H and O–H groups in total. The first-order valence-corrected chi connectivity index (χ1v) is 10.7. The lowest BCUT2D eigenvalue weighted by Crippen LogP contribution is -1.99. The van der Waals surface area contributed by atoms with Gasteiger partial charge in [-0.05, 0) is 35.9 Å². The number of nitrogens with zero attached hydrogens (tertiary/aromatic N) is 3. The van der Waals surface area contributed by atoms with Crippen molar-refractivity contribution < 1.29 is 9.47 Å². The SMILES string of the molecule is COc1ccc(Nc2ncnc3c2c(-c2ccccc2)cn3-c2cccc(Cl)c2)cc1OC. The van der Waals surface area contributed by atoms with Crippen LogP contribution in [0.2, 0.25) is 5.02 Å². The summed E-state index contributed by atoms with van der Waals surface area (Å²) in [5.74, 6) is 1.98. The molecule has 3 aromatic carbocycles. The van der Waals surface area contributed by atoms with E-state index < -0.39 is 0 Å². The van der Waals surface area contributed by atoms with Gasteiger partial charge in [0.1, 0.15) is 12.1 Å². The van der Waals surface area contributed by atoms with Gasteiger partial charge in [0.15, 0.2) is 17.1 Å². The van der Waals surface area contributed by atoms with Crippen LogP contribution >= 0.6 is 11.6 Å². The molecule has 0 saturated heterocycles. The van der Waals surface area contributed by atoms with Gasteiger partial charge in [-0.3, -0.25) is 0 Å². The minimum atomic E-state index is 0.632. The summed E-state index contributed by atoms with van der Waals surface area (Å²) in [6, 6.07) is 23.5. The summed E-state index contributed by atoms with van der Waals surface area (Å²) < 4.78 is 12.8. The first-order chi connectivity index (χ1) is 16.2. The molecule has 0 bridgehead atoms. The van der Waals surface area contributed by atoms with Gasteiger partial charge in [0.05, 0.1) is 19.6 Å². The summed E-state index contributed by atoms with van der Waals surface area (Å²) in [6.07, 6.45) is 3.63. The molecule has 7 heteroatoms. The van der Waals surface area contributed by atoms with Crippen LogP contribution in [0.5, 0.6) is 11.5 Å². The zero-order chi connectivity index (χ0) is 22.8. The fraction of sp³-hybridized carbons (Fsp3) is 0.0769. The van der Waals surface area contributed by atoms with Gasteiger partial charge < -0.3 is 19.4 Å². The lowest BCUT2D eigenvalue weighted by molar-refractivity contribution is 0.355. The number of fused-ring (bicyclic) bond motifs is 1. The molecule has 2 heterocycles. The maximum atomic E-state index is 6.28. The van der Waals surface area contributed by atoms with Crippen molar-refractivity contribution >= 4 is 34.1 Å². The minimum absolute atomic E-state index is 0.632. The largest absolute Gasteiger partial charge is 0.493 e. The molecule has 0 spiro atoms. The highest BCUT2D eigenvalue weighted by atomic mass is 35.5. The summed E-state index contributed by atoms with van der Waals surface area (Å²) >= 11 is 6.28. The van der Waals surface area contributed by atoms with E-state index >= 15 is 0 Å². The third-order valence-electron chi connectivity index (χ3n) is 5.40. The van der Waals surface area contributed by atoms with E-state index in [1.807, 2.05) is 65.2 Å². The minimum Gasteiger partial charge on any atom is -0.493 e. The van der Waals surface area contributed by atoms with Crippen LogP contribution in [0, 0.1) is 0 Å². The van der Waals surface area contributed by atoms with Crippen LogP contribution in [0.15, 0.2) is 85.3 Å². The number of nitrogens with one attached hydrogen (secondary N) is 1. The summed E-state index contributed by atoms with van der Waals surface area (Å²) in [5.41, 5.74) is 4.59. The first kappa shape index (κ1) is 20.8. The molecule has 164 valence electrons. The highest BCUT2D eigenvalue weighted by Crippen LogP contribution is 2.37. The number of anilines is 2. The zero-order valence-corrected chi connectivity index (χ0v) is 18.9. The Morgan fingerprint density at radius 2 is 1.67 bits per heavy atom. The molecule has 5 rings (SSSR count). The van der Waals surface area contributed by atoms with Gasteiger partial charge in [0.25, 0.3) is 0 Å². The van der Waals surface area contributed by atoms with Crippen molar-refractivity contribution in [1.29, 1.82) is 0 Å². The third-order valence-corrected chi connectivity index (χ3v) is 5.64. The number of hydrogen-bond acceptors (Lipinski definition) is 5. The molecular formula is C26H21ClN4O2. The number of ether oxygens (including phenoxy) is 2. The van der Waals surface area contributed by atoms with E-state index in [2.05, 4.69) is 33.6 Å². The molecule has 0 atom stereocenters. The molecule has 0 fully saturated rings. The second-order valence-electron chi connectivity index (χ2n) is 7.37. The number of hydrogen-bond donors (Lipinski definition) is 1. The van der Waals surface area contributed by atoms with Crippen molar-refractivity contribution in [3.05, 3.63) is 90.3 Å². The van der Waals surface area contributed by atoms with Crippen molar-refractivity contribution in [2.75, 3.05) is 19.5 Å². The van der Waals surface area contributed by atoms with Crippen LogP contribution in [0.3, 0.4) is 0 Å². The van der Waals surface area contributed by atoms with Gasteiger partial charge in [-0.25, -0.2) is 9.97 Å². The highest BCUT2D eigenvalue weighted by Gasteiger charge is 2.18. The second kappa shape index (κ2) is 8.84. The molecule has 0 radical (unpaired) electrons. The Kier molecular flexibility index (Phi) is 5.59. The Morgan fingerprint density at radius 3 is 2.42 bits per heavy atom. The van der Waals surface area contributed by atoms with Crippen molar-refractivity contribution in [3.63, 3.8) is 0 Å². The fourth-order valence-electron chi connectivity index (χ4n) is 3.87. The Morgan fingerprint density at radius 1 is 0.848 bits per heavy atom. The van der Waals surface area contributed by atoms with E-state index in [0.717, 1.165) is 33.5 Å². The first-order valence-electron chi connectivity index (χ1n) is 10.3. The van der Waals surface area contributed by atoms with Crippen LogP contribution < -0.4 is 14.8 Å². The van der Waals surface area contributed by atoms with Crippen LogP contribution in [0.1, 0.15) is 0 Å². The van der Waals surface area contributed by atoms with Gasteiger partial charge in [-0.1, -0.05) is 48.0 Å². The van der Waals surface area contributed by atoms with E-state index in [1.165, 1.54) is 0 Å². The normalized spacial score (nSPS) is 10.9. The van der Waals surface area contributed by atoms with Crippen LogP contribution in [0.4, 0.5) is 11.5 Å². The molecule has 0 aliphatic carbocycles. The van der Waals surface area contributed by atoms with E-state index in [1.54, 1.807) is 20.5 Å². The molecule has 0 saturated carbocycles. The quantitative estimate of drug-likeness (QED) is 0.316. The Balaban J connectivity index is 1.70. The van der Waals surface area contributed by atoms with Crippen molar-refractivity contribution in [3.8, 4) is 28.3 Å². The summed E-state index contributed by atoms with van der Waals surface area (Å²) in [7, 11) is 3.23. The van der Waals surface area contributed by atoms with Crippen LogP contribution in [-0.4, -0.2) is 28.8 Å². The standard InChI is InChI=1S/C26H21ClN4O2/c1-32-22-12-11-19(14-23(22)33-2)30-25-24-21(17-7-4-3-5-8-17)15-31(26(24)29-16-28-25)20-10-6-9-18(27)13-20/h3-16H,1-2H3,(H,28,29,30). The molecule has 6 nitrogen and oxygen atoms in total. The topological polar surface area (TPSA) is 61.2 Å². The highest BCUT2D eigenvalue weighted by molar-refractivity contribution is 6.30. The Labute approximate surface area is 196 Å². The van der Waals surface area contributed by atoms with Crippen LogP contribution in [-0.2, 0) is 0 Å². The van der Waals surface area contributed by atoms with Gasteiger partial charge in [-0.2, -0.15) is 0 Å². The van der Waals surface area contributed by atoms with Crippen LogP contribution in [0.25, 0.3) is 27.8 Å². The zero-order valence-electron chi connectivity index (χ0n) is 18.1. The van der Waals surface area contributed by atoms with E-state index in [9.17, 15) is 0 Å². The molecule has 0 aliphatic heterocycles. The number of methoxy groups -OCH3 is 2. The predicted molar refractivity (Wildman–Crippen MR) is 132 cm³/mol. The average molecular weight is 457 g/mol. The molecule has 0 amide bonds. The smallest absolute Gasteiger partial charge is 0.162 e. The van der Waals surface area contributed by atoms with E-state index in [0.29, 0.717) is 22.3 Å². The van der Waals surface area contributed by atoms with Gasteiger partial charge in [0.2, 0.25) is 0 Å². The molecule has 0 unspecified atom stereocenters. The third kappa shape index (κ3) is 3.97. The second-order valence-corrected chi connectivity index (χ2v) is 7.81.